The largest absolute Gasteiger partial charge is 0.342 e. The summed E-state index contributed by atoms with van der Waals surface area (Å²) in [5, 5.41) is 0. The van der Waals surface area contributed by atoms with Crippen molar-refractivity contribution in [3.63, 3.8) is 0 Å². The van der Waals surface area contributed by atoms with Crippen molar-refractivity contribution in [3.8, 4) is 0 Å². The second-order valence-corrected chi connectivity index (χ2v) is 3.06. The van der Waals surface area contributed by atoms with E-state index in [1.165, 1.54) is 12.6 Å². The van der Waals surface area contributed by atoms with Gasteiger partial charge in [-0.3, -0.25) is 0 Å². The van der Waals surface area contributed by atoms with Gasteiger partial charge in [0.1, 0.15) is 5.82 Å². The Hall–Kier alpha value is -1.35. The molecule has 0 aliphatic carbocycles. The van der Waals surface area contributed by atoms with E-state index < -0.39 is 0 Å². The van der Waals surface area contributed by atoms with Gasteiger partial charge in [0.15, 0.2) is 0 Å². The Bertz CT molecular complexity index is 409. The zero-order valence-corrected chi connectivity index (χ0v) is 8.96. The first kappa shape index (κ1) is 10.7. The lowest BCUT2D eigenvalue weighted by atomic mass is 10.2. The molecule has 0 aliphatic rings. The van der Waals surface area contributed by atoms with Gasteiger partial charge in [-0.15, -0.1) is 0 Å². The highest BCUT2D eigenvalue weighted by Gasteiger charge is 1.99. The third kappa shape index (κ3) is 2.12. The van der Waals surface area contributed by atoms with Gasteiger partial charge < -0.3 is 10.7 Å². The van der Waals surface area contributed by atoms with Gasteiger partial charge in [-0.05, 0) is 31.7 Å². The Balaban J connectivity index is 0.000000617. The van der Waals surface area contributed by atoms with Crippen LogP contribution >= 0.6 is 0 Å². The van der Waals surface area contributed by atoms with E-state index in [4.69, 9.17) is 0 Å². The molecule has 3 nitrogen and oxygen atoms in total. The molecule has 0 saturated carbocycles. The molecule has 0 spiro atoms. The van der Waals surface area contributed by atoms with Crippen LogP contribution in [0, 0.1) is 6.92 Å². The summed E-state index contributed by atoms with van der Waals surface area (Å²) in [4.78, 5) is 7.69. The van der Waals surface area contributed by atoms with E-state index in [1.807, 2.05) is 0 Å². The van der Waals surface area contributed by atoms with Gasteiger partial charge in [-0.25, -0.2) is 4.98 Å². The number of hydrogen-bond acceptors (Lipinski definition) is 2. The van der Waals surface area contributed by atoms with E-state index in [0.717, 1.165) is 23.3 Å². The lowest BCUT2D eigenvalue weighted by Crippen LogP contribution is -1.79. The number of hydrogen-bond donors (Lipinski definition) is 2. The first-order valence-electron chi connectivity index (χ1n) is 4.82. The quantitative estimate of drug-likeness (QED) is 0.730. The van der Waals surface area contributed by atoms with Crippen molar-refractivity contribution in [3.05, 3.63) is 29.6 Å². The molecule has 1 aromatic heterocycles. The molecule has 3 heteroatoms. The maximum Gasteiger partial charge on any atom is 0.106 e. The van der Waals surface area contributed by atoms with Gasteiger partial charge in [-0.1, -0.05) is 13.0 Å². The average molecular weight is 193 g/mol. The molecule has 0 aliphatic heterocycles. The highest BCUT2D eigenvalue weighted by atomic mass is 14.9. The third-order valence-corrected chi connectivity index (χ3v) is 2.02. The average Bonchev–Trinajstić information content (AvgIpc) is 2.62. The SMILES string of the molecule is CCc1nc2ccc(C)cc2[nH]1.CN.[HH]. The molecule has 3 N–H and O–H groups in total. The summed E-state index contributed by atoms with van der Waals surface area (Å²) in [5.41, 5.74) is 7.98. The van der Waals surface area contributed by atoms with Gasteiger partial charge in [0, 0.05) is 7.85 Å². The Labute approximate surface area is 85.8 Å². The molecule has 78 valence electrons. The van der Waals surface area contributed by atoms with Crippen molar-refractivity contribution in [2.75, 3.05) is 7.05 Å². The fraction of sp³-hybridized carbons (Fsp3) is 0.364. The first-order valence-corrected chi connectivity index (χ1v) is 4.82. The van der Waals surface area contributed by atoms with Crippen molar-refractivity contribution < 1.29 is 1.43 Å². The molecule has 1 heterocycles. The molecule has 1 aromatic carbocycles. The minimum Gasteiger partial charge on any atom is -0.342 e. The summed E-state index contributed by atoms with van der Waals surface area (Å²) < 4.78 is 0. The van der Waals surface area contributed by atoms with Crippen LogP contribution in [0.2, 0.25) is 0 Å². The second kappa shape index (κ2) is 4.77. The Kier molecular flexibility index (Phi) is 3.65. The molecule has 14 heavy (non-hydrogen) atoms. The molecule has 0 atom stereocenters. The summed E-state index contributed by atoms with van der Waals surface area (Å²) >= 11 is 0. The van der Waals surface area contributed by atoms with Gasteiger partial charge in [0.2, 0.25) is 0 Å². The topological polar surface area (TPSA) is 54.7 Å². The molecular weight excluding hydrogens is 174 g/mol. The van der Waals surface area contributed by atoms with Crippen molar-refractivity contribution in [2.24, 2.45) is 5.73 Å². The third-order valence-electron chi connectivity index (χ3n) is 2.02. The van der Waals surface area contributed by atoms with Gasteiger partial charge in [0.05, 0.1) is 11.0 Å². The van der Waals surface area contributed by atoms with Crippen LogP contribution in [0.25, 0.3) is 11.0 Å². The maximum absolute atomic E-state index is 4.50. The van der Waals surface area contributed by atoms with Gasteiger partial charge >= 0.3 is 0 Å². The molecular formula is C11H19N3. The number of aromatic amines is 1. The van der Waals surface area contributed by atoms with Crippen LogP contribution in [0.1, 0.15) is 19.7 Å². The molecule has 0 amide bonds. The van der Waals surface area contributed by atoms with Crippen molar-refractivity contribution in [1.82, 2.24) is 9.97 Å². The minimum atomic E-state index is 0. The van der Waals surface area contributed by atoms with Crippen LogP contribution in [0.3, 0.4) is 0 Å². The van der Waals surface area contributed by atoms with E-state index in [2.05, 4.69) is 47.7 Å². The summed E-state index contributed by atoms with van der Waals surface area (Å²) in [6.07, 6.45) is 0.966. The molecule has 2 rings (SSSR count). The predicted octanol–water partition coefficient (Wildman–Crippen LogP) is 2.25. The second-order valence-electron chi connectivity index (χ2n) is 3.06. The summed E-state index contributed by atoms with van der Waals surface area (Å²) in [5.74, 6) is 1.07. The number of aromatic nitrogens is 2. The summed E-state index contributed by atoms with van der Waals surface area (Å²) in [6, 6.07) is 6.27. The van der Waals surface area contributed by atoms with Gasteiger partial charge in [-0.2, -0.15) is 0 Å². The maximum atomic E-state index is 4.50. The number of H-pyrrole nitrogens is 1. The molecule has 2 aromatic rings. The van der Waals surface area contributed by atoms with Gasteiger partial charge in [0.25, 0.3) is 0 Å². The van der Waals surface area contributed by atoms with E-state index in [9.17, 15) is 0 Å². The van der Waals surface area contributed by atoms with Crippen LogP contribution in [0.5, 0.6) is 0 Å². The van der Waals surface area contributed by atoms with E-state index >= 15 is 0 Å². The predicted molar refractivity (Wildman–Crippen MR) is 62.4 cm³/mol. The van der Waals surface area contributed by atoms with Crippen LogP contribution in [-0.4, -0.2) is 17.0 Å². The standard InChI is InChI=1S/C10H12N2.CH5N.H2/c1-3-10-11-8-5-4-7(2)6-9(8)12-10;1-2;/h4-6H,3H2,1-2H3,(H,11,12);2H2,1H3;1H. The molecule has 0 unspecified atom stereocenters. The van der Waals surface area contributed by atoms with Crippen LogP contribution in [0.15, 0.2) is 18.2 Å². The number of nitrogens with zero attached hydrogens (tertiary/aromatic N) is 1. The number of aryl methyl sites for hydroxylation is 2. The van der Waals surface area contributed by atoms with E-state index in [1.54, 1.807) is 0 Å². The molecule has 0 bridgehead atoms. The molecule has 0 saturated heterocycles. The lowest BCUT2D eigenvalue weighted by molar-refractivity contribution is 1.00. The number of nitrogens with two attached hydrogens (primary N) is 1. The smallest absolute Gasteiger partial charge is 0.106 e. The van der Waals surface area contributed by atoms with Crippen LogP contribution in [0.4, 0.5) is 0 Å². The summed E-state index contributed by atoms with van der Waals surface area (Å²) in [7, 11) is 1.50. The molecule has 0 radical (unpaired) electrons. The van der Waals surface area contributed by atoms with Crippen molar-refractivity contribution >= 4 is 11.0 Å². The highest BCUT2D eigenvalue weighted by molar-refractivity contribution is 5.75. The van der Waals surface area contributed by atoms with Crippen LogP contribution < -0.4 is 5.73 Å². The number of fused-ring (bicyclic) bond motifs is 1. The number of nitrogens with one attached hydrogen (secondary N) is 1. The Morgan fingerprint density at radius 2 is 2.14 bits per heavy atom. The highest BCUT2D eigenvalue weighted by Crippen LogP contribution is 2.12. The monoisotopic (exact) mass is 193 g/mol. The number of rotatable bonds is 1. The fourth-order valence-corrected chi connectivity index (χ4v) is 1.34. The van der Waals surface area contributed by atoms with Crippen LogP contribution in [-0.2, 0) is 6.42 Å². The molecule has 0 fully saturated rings. The van der Waals surface area contributed by atoms with Crippen molar-refractivity contribution in [1.29, 1.82) is 0 Å². The lowest BCUT2D eigenvalue weighted by Gasteiger charge is -1.89. The first-order chi connectivity index (χ1) is 6.79. The zero-order chi connectivity index (χ0) is 10.6. The Morgan fingerprint density at radius 1 is 1.43 bits per heavy atom. The van der Waals surface area contributed by atoms with E-state index in [-0.39, 0.29) is 1.43 Å². The Morgan fingerprint density at radius 3 is 2.79 bits per heavy atom. The normalized spacial score (nSPS) is 9.71. The fourth-order valence-electron chi connectivity index (χ4n) is 1.34. The summed E-state index contributed by atoms with van der Waals surface area (Å²) in [6.45, 7) is 4.19. The van der Waals surface area contributed by atoms with E-state index in [0.29, 0.717) is 0 Å². The minimum absolute atomic E-state index is 0. The zero-order valence-electron chi connectivity index (χ0n) is 8.96. The number of benzene rings is 1. The number of imidazole rings is 1. The van der Waals surface area contributed by atoms with Crippen molar-refractivity contribution in [2.45, 2.75) is 20.3 Å².